The molecule has 1 amide bonds. The van der Waals surface area contributed by atoms with Crippen LogP contribution in [-0.4, -0.2) is 44.1 Å². The molecule has 1 saturated heterocycles. The number of nitrogens with zero attached hydrogens (tertiary/aromatic N) is 3. The van der Waals surface area contributed by atoms with Gasteiger partial charge in [-0.2, -0.15) is 0 Å². The van der Waals surface area contributed by atoms with Gasteiger partial charge in [-0.05, 0) is 43.9 Å². The number of ether oxygens (including phenoxy) is 1. The first-order chi connectivity index (χ1) is 16.6. The summed E-state index contributed by atoms with van der Waals surface area (Å²) in [5.41, 5.74) is 4.91. The molecule has 0 saturated carbocycles. The van der Waals surface area contributed by atoms with E-state index < -0.39 is 0 Å². The van der Waals surface area contributed by atoms with Crippen molar-refractivity contribution in [1.82, 2.24) is 25.1 Å². The zero-order chi connectivity index (χ0) is 23.5. The summed E-state index contributed by atoms with van der Waals surface area (Å²) in [6.45, 7) is 5.88. The molecule has 1 atom stereocenters. The SMILES string of the molecule is Cc1[nH]c2c(C(=O)NCc3nnc(SC[C@@H]4CCCO4)n3Cc3ccccc3)cccc2c1C. The van der Waals surface area contributed by atoms with E-state index in [1.807, 2.05) is 43.3 Å². The molecular formula is C26H29N5O2S. The molecule has 0 bridgehead atoms. The minimum atomic E-state index is -0.130. The number of benzene rings is 2. The number of thioether (sulfide) groups is 1. The Morgan fingerprint density at radius 1 is 1.18 bits per heavy atom. The summed E-state index contributed by atoms with van der Waals surface area (Å²) in [5.74, 6) is 1.46. The lowest BCUT2D eigenvalue weighted by Gasteiger charge is -2.13. The summed E-state index contributed by atoms with van der Waals surface area (Å²) in [7, 11) is 0. The smallest absolute Gasteiger partial charge is 0.253 e. The predicted molar refractivity (Wildman–Crippen MR) is 134 cm³/mol. The van der Waals surface area contributed by atoms with E-state index in [4.69, 9.17) is 4.74 Å². The molecule has 34 heavy (non-hydrogen) atoms. The Morgan fingerprint density at radius 2 is 2.03 bits per heavy atom. The van der Waals surface area contributed by atoms with Crippen molar-refractivity contribution < 1.29 is 9.53 Å². The summed E-state index contributed by atoms with van der Waals surface area (Å²) in [6.07, 6.45) is 2.47. The van der Waals surface area contributed by atoms with Gasteiger partial charge in [-0.1, -0.05) is 54.2 Å². The maximum absolute atomic E-state index is 13.1. The number of nitrogens with one attached hydrogen (secondary N) is 2. The van der Waals surface area contributed by atoms with Gasteiger partial charge in [-0.25, -0.2) is 0 Å². The van der Waals surface area contributed by atoms with E-state index in [1.165, 1.54) is 5.56 Å². The normalized spacial score (nSPS) is 15.8. The molecule has 0 aliphatic carbocycles. The second-order valence-electron chi connectivity index (χ2n) is 8.70. The minimum absolute atomic E-state index is 0.130. The van der Waals surface area contributed by atoms with E-state index >= 15 is 0 Å². The Bertz CT molecular complexity index is 1290. The fraction of sp³-hybridized carbons (Fsp3) is 0.346. The van der Waals surface area contributed by atoms with Crippen molar-refractivity contribution in [2.24, 2.45) is 0 Å². The van der Waals surface area contributed by atoms with Gasteiger partial charge in [0.05, 0.1) is 30.3 Å². The van der Waals surface area contributed by atoms with Gasteiger partial charge in [0.1, 0.15) is 0 Å². The third kappa shape index (κ3) is 4.74. The van der Waals surface area contributed by atoms with E-state index in [2.05, 4.69) is 44.1 Å². The summed E-state index contributed by atoms with van der Waals surface area (Å²) in [4.78, 5) is 16.5. The topological polar surface area (TPSA) is 84.8 Å². The first kappa shape index (κ1) is 22.7. The Labute approximate surface area is 203 Å². The van der Waals surface area contributed by atoms with Crippen LogP contribution < -0.4 is 5.32 Å². The highest BCUT2D eigenvalue weighted by molar-refractivity contribution is 7.99. The molecule has 4 aromatic rings. The molecule has 176 valence electrons. The van der Waals surface area contributed by atoms with Crippen molar-refractivity contribution in [3.8, 4) is 0 Å². The van der Waals surface area contributed by atoms with Crippen LogP contribution in [0.4, 0.5) is 0 Å². The highest BCUT2D eigenvalue weighted by Gasteiger charge is 2.20. The van der Waals surface area contributed by atoms with E-state index in [9.17, 15) is 4.79 Å². The van der Waals surface area contributed by atoms with Gasteiger partial charge in [0.15, 0.2) is 11.0 Å². The fourth-order valence-corrected chi connectivity index (χ4v) is 5.37. The second-order valence-corrected chi connectivity index (χ2v) is 9.69. The monoisotopic (exact) mass is 475 g/mol. The summed E-state index contributed by atoms with van der Waals surface area (Å²) >= 11 is 1.67. The van der Waals surface area contributed by atoms with Gasteiger partial charge >= 0.3 is 0 Å². The molecule has 1 aliphatic heterocycles. The molecule has 0 spiro atoms. The molecule has 2 aromatic carbocycles. The minimum Gasteiger partial charge on any atom is -0.377 e. The maximum atomic E-state index is 13.1. The molecule has 1 fully saturated rings. The lowest BCUT2D eigenvalue weighted by molar-refractivity contribution is 0.0951. The van der Waals surface area contributed by atoms with Gasteiger partial charge in [-0.3, -0.25) is 4.79 Å². The summed E-state index contributed by atoms with van der Waals surface area (Å²) < 4.78 is 7.87. The predicted octanol–water partition coefficient (Wildman–Crippen LogP) is 4.63. The van der Waals surface area contributed by atoms with E-state index in [0.717, 1.165) is 58.3 Å². The first-order valence-electron chi connectivity index (χ1n) is 11.7. The van der Waals surface area contributed by atoms with Gasteiger partial charge in [0.25, 0.3) is 5.91 Å². The Kier molecular flexibility index (Phi) is 6.69. The van der Waals surface area contributed by atoms with Gasteiger partial charge in [0.2, 0.25) is 0 Å². The van der Waals surface area contributed by atoms with Crippen LogP contribution in [0.25, 0.3) is 10.9 Å². The number of hydrogen-bond acceptors (Lipinski definition) is 5. The molecule has 8 heteroatoms. The number of rotatable bonds is 8. The highest BCUT2D eigenvalue weighted by atomic mass is 32.2. The van der Waals surface area contributed by atoms with E-state index in [0.29, 0.717) is 18.7 Å². The molecule has 5 rings (SSSR count). The number of fused-ring (bicyclic) bond motifs is 1. The third-order valence-electron chi connectivity index (χ3n) is 6.39. The number of amides is 1. The summed E-state index contributed by atoms with van der Waals surface area (Å²) in [6, 6.07) is 16.1. The Morgan fingerprint density at radius 3 is 2.82 bits per heavy atom. The van der Waals surface area contributed by atoms with E-state index in [1.54, 1.807) is 11.8 Å². The standard InChI is InChI=1S/C26H29N5O2S/c1-17-18(2)28-24-21(17)11-6-12-22(24)25(32)27-14-23-29-30-26(34-16-20-10-7-13-33-20)31(23)15-19-8-4-3-5-9-19/h3-6,8-9,11-12,20,28H,7,10,13-16H2,1-2H3,(H,27,32)/t20-/m0/s1. The molecule has 0 radical (unpaired) electrons. The third-order valence-corrected chi connectivity index (χ3v) is 7.49. The van der Waals surface area contributed by atoms with Crippen LogP contribution in [0.3, 0.4) is 0 Å². The number of aryl methyl sites for hydroxylation is 2. The lowest BCUT2D eigenvalue weighted by Crippen LogP contribution is -2.25. The molecule has 1 aliphatic rings. The van der Waals surface area contributed by atoms with Crippen LogP contribution in [0.1, 0.15) is 45.8 Å². The quantitative estimate of drug-likeness (QED) is 0.363. The number of aromatic nitrogens is 4. The second kappa shape index (κ2) is 10.0. The molecule has 0 unspecified atom stereocenters. The van der Waals surface area contributed by atoms with Crippen LogP contribution in [0.5, 0.6) is 0 Å². The zero-order valence-electron chi connectivity index (χ0n) is 19.5. The van der Waals surface area contributed by atoms with Crippen LogP contribution in [0.15, 0.2) is 53.7 Å². The fourth-order valence-electron chi connectivity index (χ4n) is 4.35. The summed E-state index contributed by atoms with van der Waals surface area (Å²) in [5, 5.41) is 13.9. The van der Waals surface area contributed by atoms with Crippen LogP contribution in [0.2, 0.25) is 0 Å². The Hall–Kier alpha value is -3.10. The van der Waals surface area contributed by atoms with Crippen molar-refractivity contribution in [1.29, 1.82) is 0 Å². The largest absolute Gasteiger partial charge is 0.377 e. The maximum Gasteiger partial charge on any atom is 0.253 e. The Balaban J connectivity index is 1.35. The van der Waals surface area contributed by atoms with Gasteiger partial charge < -0.3 is 19.6 Å². The van der Waals surface area contributed by atoms with Crippen molar-refractivity contribution in [3.05, 3.63) is 76.7 Å². The van der Waals surface area contributed by atoms with Crippen molar-refractivity contribution >= 4 is 28.6 Å². The highest BCUT2D eigenvalue weighted by Crippen LogP contribution is 2.25. The molecule has 7 nitrogen and oxygen atoms in total. The average Bonchev–Trinajstić information content (AvgIpc) is 3.57. The number of carbonyl (C=O) groups excluding carboxylic acids is 1. The van der Waals surface area contributed by atoms with Crippen LogP contribution in [-0.2, 0) is 17.8 Å². The van der Waals surface area contributed by atoms with Crippen molar-refractivity contribution in [2.45, 2.75) is 51.0 Å². The van der Waals surface area contributed by atoms with Crippen LogP contribution in [0, 0.1) is 13.8 Å². The average molecular weight is 476 g/mol. The van der Waals surface area contributed by atoms with Gasteiger partial charge in [0, 0.05) is 23.4 Å². The number of carbonyl (C=O) groups is 1. The molecule has 2 aromatic heterocycles. The lowest BCUT2D eigenvalue weighted by atomic mass is 10.1. The molecule has 2 N–H and O–H groups in total. The van der Waals surface area contributed by atoms with Gasteiger partial charge in [-0.15, -0.1) is 10.2 Å². The zero-order valence-corrected chi connectivity index (χ0v) is 20.3. The number of H-pyrrole nitrogens is 1. The van der Waals surface area contributed by atoms with Crippen molar-refractivity contribution in [2.75, 3.05) is 12.4 Å². The molecule has 3 heterocycles. The number of hydrogen-bond donors (Lipinski definition) is 2. The first-order valence-corrected chi connectivity index (χ1v) is 12.6. The number of para-hydroxylation sites is 1. The van der Waals surface area contributed by atoms with E-state index in [-0.39, 0.29) is 12.0 Å². The number of aromatic amines is 1. The van der Waals surface area contributed by atoms with Crippen LogP contribution >= 0.6 is 11.8 Å². The van der Waals surface area contributed by atoms with Crippen molar-refractivity contribution in [3.63, 3.8) is 0 Å². The molecular weight excluding hydrogens is 446 g/mol.